The van der Waals surface area contributed by atoms with Crippen molar-refractivity contribution in [3.8, 4) is 11.4 Å². The Bertz CT molecular complexity index is 1280. The summed E-state index contributed by atoms with van der Waals surface area (Å²) in [6.45, 7) is 4.28. The Balaban J connectivity index is 1.89. The highest BCUT2D eigenvalue weighted by molar-refractivity contribution is 6.47. The van der Waals surface area contributed by atoms with Gasteiger partial charge in [-0.05, 0) is 50.2 Å². The highest BCUT2D eigenvalue weighted by Crippen LogP contribution is 2.31. The Morgan fingerprint density at radius 1 is 1.03 bits per heavy atom. The van der Waals surface area contributed by atoms with Crippen molar-refractivity contribution in [3.05, 3.63) is 65.0 Å². The second-order valence-electron chi connectivity index (χ2n) is 7.39. The van der Waals surface area contributed by atoms with Crippen LogP contribution in [-0.2, 0) is 15.8 Å². The minimum atomic E-state index is -4.54. The summed E-state index contributed by atoms with van der Waals surface area (Å²) >= 11 is 0. The number of alkyl halides is 3. The molecule has 0 aliphatic rings. The Kier molecular flexibility index (Phi) is 6.75. The van der Waals surface area contributed by atoms with Gasteiger partial charge in [0.05, 0.1) is 41.0 Å². The average molecular weight is 474 g/mol. The van der Waals surface area contributed by atoms with E-state index in [4.69, 9.17) is 4.74 Å². The van der Waals surface area contributed by atoms with Crippen LogP contribution in [0.1, 0.15) is 34.2 Å². The van der Waals surface area contributed by atoms with Crippen molar-refractivity contribution in [3.63, 3.8) is 0 Å². The summed E-state index contributed by atoms with van der Waals surface area (Å²) in [5.41, 5.74) is 0.135. The number of rotatable bonds is 6. The molecule has 11 heteroatoms. The number of aromatic nitrogens is 2. The SMILES string of the molecule is COc1ccc(NC(=O)C(=O)c2c(C)nn(-c3cccc(C(F)(F)F)c3)c2C)cc1NC(C)=O. The zero-order valence-electron chi connectivity index (χ0n) is 18.7. The maximum absolute atomic E-state index is 13.1. The fourth-order valence-electron chi connectivity index (χ4n) is 3.41. The number of benzene rings is 2. The minimum Gasteiger partial charge on any atom is -0.495 e. The second-order valence-corrected chi connectivity index (χ2v) is 7.39. The summed E-state index contributed by atoms with van der Waals surface area (Å²) in [5.74, 6) is -1.89. The summed E-state index contributed by atoms with van der Waals surface area (Å²) in [6, 6.07) is 8.92. The summed E-state index contributed by atoms with van der Waals surface area (Å²) in [6.07, 6.45) is -4.54. The molecule has 1 aromatic heterocycles. The van der Waals surface area contributed by atoms with Gasteiger partial charge in [-0.1, -0.05) is 6.07 Å². The molecular weight excluding hydrogens is 453 g/mol. The van der Waals surface area contributed by atoms with E-state index in [1.807, 2.05) is 0 Å². The van der Waals surface area contributed by atoms with Crippen LogP contribution in [0.5, 0.6) is 5.75 Å². The largest absolute Gasteiger partial charge is 0.495 e. The number of nitrogens with zero attached hydrogens (tertiary/aromatic N) is 2. The van der Waals surface area contributed by atoms with E-state index in [0.29, 0.717) is 11.4 Å². The van der Waals surface area contributed by atoms with Crippen LogP contribution in [0, 0.1) is 13.8 Å². The van der Waals surface area contributed by atoms with E-state index in [2.05, 4.69) is 15.7 Å². The Labute approximate surface area is 192 Å². The zero-order valence-corrected chi connectivity index (χ0v) is 18.7. The van der Waals surface area contributed by atoms with Crippen molar-refractivity contribution in [2.45, 2.75) is 26.9 Å². The molecule has 0 bridgehead atoms. The molecular formula is C23H21F3N4O4. The fraction of sp³-hybridized carbons (Fsp3) is 0.217. The number of amides is 2. The van der Waals surface area contributed by atoms with Gasteiger partial charge in [-0.3, -0.25) is 14.4 Å². The quantitative estimate of drug-likeness (QED) is 0.410. The number of nitrogens with one attached hydrogen (secondary N) is 2. The highest BCUT2D eigenvalue weighted by atomic mass is 19.4. The van der Waals surface area contributed by atoms with Crippen LogP contribution in [0.15, 0.2) is 42.5 Å². The Hall–Kier alpha value is -4.15. The molecule has 0 saturated carbocycles. The third kappa shape index (κ3) is 5.08. The number of carbonyl (C=O) groups excluding carboxylic acids is 3. The first-order valence-electron chi connectivity index (χ1n) is 9.97. The maximum atomic E-state index is 13.1. The van der Waals surface area contributed by atoms with Gasteiger partial charge >= 0.3 is 6.18 Å². The van der Waals surface area contributed by atoms with Crippen molar-refractivity contribution >= 4 is 29.0 Å². The van der Waals surface area contributed by atoms with E-state index in [1.54, 1.807) is 0 Å². The Morgan fingerprint density at radius 2 is 1.74 bits per heavy atom. The number of hydrogen-bond donors (Lipinski definition) is 2. The summed E-state index contributed by atoms with van der Waals surface area (Å²) in [4.78, 5) is 37.0. The molecule has 2 amide bonds. The lowest BCUT2D eigenvalue weighted by Gasteiger charge is -2.12. The molecule has 178 valence electrons. The zero-order chi connectivity index (χ0) is 25.2. The smallest absolute Gasteiger partial charge is 0.416 e. The predicted molar refractivity (Wildman–Crippen MR) is 118 cm³/mol. The lowest BCUT2D eigenvalue weighted by Crippen LogP contribution is -2.24. The number of ether oxygens (including phenoxy) is 1. The summed E-state index contributed by atoms with van der Waals surface area (Å²) in [7, 11) is 1.41. The number of halogens is 3. The van der Waals surface area contributed by atoms with Gasteiger partial charge in [0.15, 0.2) is 0 Å². The molecule has 8 nitrogen and oxygen atoms in total. The third-order valence-electron chi connectivity index (χ3n) is 4.91. The van der Waals surface area contributed by atoms with E-state index in [1.165, 1.54) is 62.9 Å². The van der Waals surface area contributed by atoms with Crippen LogP contribution in [0.4, 0.5) is 24.5 Å². The molecule has 3 rings (SSSR count). The third-order valence-corrected chi connectivity index (χ3v) is 4.91. The van der Waals surface area contributed by atoms with Crippen molar-refractivity contribution in [2.75, 3.05) is 17.7 Å². The summed E-state index contributed by atoms with van der Waals surface area (Å²) < 4.78 is 45.6. The van der Waals surface area contributed by atoms with E-state index >= 15 is 0 Å². The van der Waals surface area contributed by atoms with E-state index in [0.717, 1.165) is 12.1 Å². The summed E-state index contributed by atoms with van der Waals surface area (Å²) in [5, 5.41) is 9.18. The van der Waals surface area contributed by atoms with Gasteiger partial charge in [-0.15, -0.1) is 0 Å². The number of hydrogen-bond acceptors (Lipinski definition) is 5. The molecule has 0 aliphatic carbocycles. The van der Waals surface area contributed by atoms with E-state index < -0.39 is 23.4 Å². The minimum absolute atomic E-state index is 0.0227. The molecule has 0 atom stereocenters. The van der Waals surface area contributed by atoms with Gasteiger partial charge in [0.2, 0.25) is 5.91 Å². The van der Waals surface area contributed by atoms with E-state index in [-0.39, 0.29) is 34.2 Å². The number of Topliss-reactive ketones (excluding diaryl/α,β-unsaturated/α-hetero) is 1. The molecule has 0 radical (unpaired) electrons. The van der Waals surface area contributed by atoms with Crippen LogP contribution >= 0.6 is 0 Å². The predicted octanol–water partition coefficient (Wildman–Crippen LogP) is 4.30. The Morgan fingerprint density at radius 3 is 2.35 bits per heavy atom. The first-order chi connectivity index (χ1) is 15.9. The monoisotopic (exact) mass is 474 g/mol. The first kappa shape index (κ1) is 24.5. The number of carbonyl (C=O) groups is 3. The molecule has 1 heterocycles. The molecule has 3 aromatic rings. The average Bonchev–Trinajstić information content (AvgIpc) is 3.06. The van der Waals surface area contributed by atoms with Crippen LogP contribution in [-0.4, -0.2) is 34.5 Å². The van der Waals surface area contributed by atoms with Crippen molar-refractivity contribution in [1.82, 2.24) is 9.78 Å². The van der Waals surface area contributed by atoms with Gasteiger partial charge < -0.3 is 15.4 Å². The standard InChI is InChI=1S/C23H21F3N4O4/c1-12-20(13(2)30(29-12)17-7-5-6-15(10-17)23(24,25)26)21(32)22(33)28-16-8-9-19(34-4)18(11-16)27-14(3)31/h5-11H,1-4H3,(H,27,31)(H,28,33). The molecule has 0 fully saturated rings. The van der Waals surface area contributed by atoms with Crippen LogP contribution in [0.25, 0.3) is 5.69 Å². The van der Waals surface area contributed by atoms with Crippen LogP contribution in [0.2, 0.25) is 0 Å². The van der Waals surface area contributed by atoms with E-state index in [9.17, 15) is 27.6 Å². The van der Waals surface area contributed by atoms with Crippen LogP contribution in [0.3, 0.4) is 0 Å². The van der Waals surface area contributed by atoms with Crippen molar-refractivity contribution in [2.24, 2.45) is 0 Å². The van der Waals surface area contributed by atoms with Gasteiger partial charge in [0.25, 0.3) is 11.7 Å². The van der Waals surface area contributed by atoms with Crippen molar-refractivity contribution in [1.29, 1.82) is 0 Å². The number of ketones is 1. The van der Waals surface area contributed by atoms with Gasteiger partial charge in [0.1, 0.15) is 5.75 Å². The maximum Gasteiger partial charge on any atom is 0.416 e. The number of methoxy groups -OCH3 is 1. The lowest BCUT2D eigenvalue weighted by atomic mass is 10.1. The highest BCUT2D eigenvalue weighted by Gasteiger charge is 2.31. The van der Waals surface area contributed by atoms with Crippen LogP contribution < -0.4 is 15.4 Å². The molecule has 34 heavy (non-hydrogen) atoms. The molecule has 2 N–H and O–H groups in total. The van der Waals surface area contributed by atoms with Gasteiger partial charge in [-0.2, -0.15) is 18.3 Å². The van der Waals surface area contributed by atoms with Crippen molar-refractivity contribution < 1.29 is 32.3 Å². The normalized spacial score (nSPS) is 11.1. The number of aryl methyl sites for hydroxylation is 1. The second kappa shape index (κ2) is 9.38. The molecule has 0 spiro atoms. The molecule has 0 aliphatic heterocycles. The number of anilines is 2. The molecule has 0 unspecified atom stereocenters. The fourth-order valence-corrected chi connectivity index (χ4v) is 3.41. The van der Waals surface area contributed by atoms with Gasteiger partial charge in [0, 0.05) is 12.6 Å². The van der Waals surface area contributed by atoms with Gasteiger partial charge in [-0.25, -0.2) is 4.68 Å². The topological polar surface area (TPSA) is 102 Å². The molecule has 2 aromatic carbocycles. The first-order valence-corrected chi connectivity index (χ1v) is 9.97. The molecule has 0 saturated heterocycles. The lowest BCUT2D eigenvalue weighted by molar-refractivity contribution is -0.137.